The van der Waals surface area contributed by atoms with E-state index in [-0.39, 0.29) is 5.97 Å². The van der Waals surface area contributed by atoms with Gasteiger partial charge in [-0.25, -0.2) is 4.79 Å². The van der Waals surface area contributed by atoms with E-state index in [1.807, 2.05) is 48.5 Å². The Morgan fingerprint density at radius 1 is 0.885 bits per heavy atom. The zero-order valence-corrected chi connectivity index (χ0v) is 16.0. The zero-order chi connectivity index (χ0) is 18.6. The summed E-state index contributed by atoms with van der Waals surface area (Å²) in [4.78, 5) is 12.2. The van der Waals surface area contributed by atoms with E-state index >= 15 is 0 Å². The summed E-state index contributed by atoms with van der Waals surface area (Å²) in [7, 11) is 0. The molecule has 0 aliphatic carbocycles. The van der Waals surface area contributed by atoms with Crippen LogP contribution in [0.3, 0.4) is 0 Å². The van der Waals surface area contributed by atoms with Gasteiger partial charge in [0.15, 0.2) is 0 Å². The number of carbonyl (C=O) groups excluding carboxylic acids is 1. The van der Waals surface area contributed by atoms with E-state index < -0.39 is 0 Å². The Morgan fingerprint density at radius 3 is 2.27 bits per heavy atom. The van der Waals surface area contributed by atoms with Gasteiger partial charge in [0.25, 0.3) is 0 Å². The molecule has 0 saturated carbocycles. The molecule has 138 valence electrons. The van der Waals surface area contributed by atoms with Crippen LogP contribution in [0.5, 0.6) is 5.75 Å². The first kappa shape index (κ1) is 20.0. The van der Waals surface area contributed by atoms with Crippen LogP contribution in [0.25, 0.3) is 6.08 Å². The highest BCUT2D eigenvalue weighted by molar-refractivity contribution is 5.91. The fourth-order valence-corrected chi connectivity index (χ4v) is 2.82. The van der Waals surface area contributed by atoms with E-state index in [4.69, 9.17) is 4.74 Å². The number of ether oxygens (including phenoxy) is 1. The van der Waals surface area contributed by atoms with E-state index in [9.17, 15) is 4.79 Å². The molecule has 0 atom stereocenters. The van der Waals surface area contributed by atoms with Crippen molar-refractivity contribution in [3.8, 4) is 5.75 Å². The molecule has 0 heterocycles. The number of hydrogen-bond donors (Lipinski definition) is 0. The molecular formula is C24H30O2. The largest absolute Gasteiger partial charge is 0.423 e. The van der Waals surface area contributed by atoms with Crippen LogP contribution in [-0.4, -0.2) is 5.97 Å². The first-order valence-electron chi connectivity index (χ1n) is 9.80. The summed E-state index contributed by atoms with van der Waals surface area (Å²) < 4.78 is 5.46. The normalized spacial score (nSPS) is 11.0. The molecule has 0 aliphatic heterocycles. The van der Waals surface area contributed by atoms with Crippen LogP contribution in [0.1, 0.15) is 73.9 Å². The summed E-state index contributed by atoms with van der Waals surface area (Å²) in [6.07, 6.45) is 12.7. The number of carbonyl (C=O) groups is 1. The summed E-state index contributed by atoms with van der Waals surface area (Å²) in [5.41, 5.74) is 2.96. The van der Waals surface area contributed by atoms with E-state index in [2.05, 4.69) is 26.0 Å². The minimum Gasteiger partial charge on any atom is -0.423 e. The highest BCUT2D eigenvalue weighted by Gasteiger charge is 2.08. The summed E-state index contributed by atoms with van der Waals surface area (Å²) in [6, 6.07) is 15.3. The molecule has 0 amide bonds. The smallest absolute Gasteiger partial charge is 0.343 e. The molecule has 0 N–H and O–H groups in total. The van der Waals surface area contributed by atoms with E-state index in [1.54, 1.807) is 0 Å². The molecular weight excluding hydrogens is 320 g/mol. The van der Waals surface area contributed by atoms with Gasteiger partial charge in [-0.3, -0.25) is 0 Å². The topological polar surface area (TPSA) is 26.3 Å². The van der Waals surface area contributed by atoms with Crippen molar-refractivity contribution >= 4 is 12.0 Å². The molecule has 0 fully saturated rings. The SMILES string of the molecule is CCCCCC/C=C/c1ccc(OC(=O)c2ccc(CCC)cc2)cc1. The van der Waals surface area contributed by atoms with Gasteiger partial charge < -0.3 is 4.74 Å². The number of unbranched alkanes of at least 4 members (excludes halogenated alkanes) is 4. The highest BCUT2D eigenvalue weighted by Crippen LogP contribution is 2.16. The molecule has 0 spiro atoms. The van der Waals surface area contributed by atoms with E-state index in [1.165, 1.54) is 31.2 Å². The zero-order valence-electron chi connectivity index (χ0n) is 16.0. The minimum atomic E-state index is -0.313. The van der Waals surface area contributed by atoms with Crippen LogP contribution >= 0.6 is 0 Å². The molecule has 0 unspecified atom stereocenters. The summed E-state index contributed by atoms with van der Waals surface area (Å²) in [6.45, 7) is 4.37. The van der Waals surface area contributed by atoms with Crippen molar-refractivity contribution in [3.63, 3.8) is 0 Å². The highest BCUT2D eigenvalue weighted by atomic mass is 16.5. The van der Waals surface area contributed by atoms with E-state index in [0.29, 0.717) is 11.3 Å². The Morgan fingerprint density at radius 2 is 1.62 bits per heavy atom. The lowest BCUT2D eigenvalue weighted by Crippen LogP contribution is -2.08. The third-order valence-corrected chi connectivity index (χ3v) is 4.35. The van der Waals surface area contributed by atoms with Gasteiger partial charge in [0.1, 0.15) is 5.75 Å². The second-order valence-electron chi connectivity index (χ2n) is 6.66. The summed E-state index contributed by atoms with van der Waals surface area (Å²) in [5, 5.41) is 0. The summed E-state index contributed by atoms with van der Waals surface area (Å²) >= 11 is 0. The predicted octanol–water partition coefficient (Wildman–Crippen LogP) is 6.84. The van der Waals surface area contributed by atoms with Crippen molar-refractivity contribution in [2.45, 2.75) is 58.8 Å². The fourth-order valence-electron chi connectivity index (χ4n) is 2.82. The maximum Gasteiger partial charge on any atom is 0.343 e. The quantitative estimate of drug-likeness (QED) is 0.266. The molecule has 0 aliphatic rings. The van der Waals surface area contributed by atoms with Crippen molar-refractivity contribution in [2.24, 2.45) is 0 Å². The minimum absolute atomic E-state index is 0.313. The van der Waals surface area contributed by atoms with Crippen LogP contribution in [0.4, 0.5) is 0 Å². The van der Waals surface area contributed by atoms with Gasteiger partial charge in [0, 0.05) is 0 Å². The first-order chi connectivity index (χ1) is 12.7. The third kappa shape index (κ3) is 6.87. The van der Waals surface area contributed by atoms with Gasteiger partial charge in [0.05, 0.1) is 5.56 Å². The third-order valence-electron chi connectivity index (χ3n) is 4.35. The van der Waals surface area contributed by atoms with Crippen LogP contribution in [0.2, 0.25) is 0 Å². The number of hydrogen-bond acceptors (Lipinski definition) is 2. The van der Waals surface area contributed by atoms with Gasteiger partial charge in [-0.1, -0.05) is 75.9 Å². The molecule has 0 bridgehead atoms. The van der Waals surface area contributed by atoms with Gasteiger partial charge >= 0.3 is 5.97 Å². The Bertz CT molecular complexity index is 681. The Hall–Kier alpha value is -2.35. The second-order valence-corrected chi connectivity index (χ2v) is 6.66. The molecule has 0 saturated heterocycles. The van der Waals surface area contributed by atoms with Crippen molar-refractivity contribution in [1.29, 1.82) is 0 Å². The molecule has 2 aromatic rings. The molecule has 26 heavy (non-hydrogen) atoms. The molecule has 0 radical (unpaired) electrons. The average molecular weight is 351 g/mol. The lowest BCUT2D eigenvalue weighted by Gasteiger charge is -2.06. The number of allylic oxidation sites excluding steroid dienone is 1. The molecule has 2 heteroatoms. The Kier molecular flexibility index (Phi) is 8.68. The van der Waals surface area contributed by atoms with Crippen LogP contribution in [0.15, 0.2) is 54.6 Å². The summed E-state index contributed by atoms with van der Waals surface area (Å²) in [5.74, 6) is 0.264. The van der Waals surface area contributed by atoms with Crippen molar-refractivity contribution in [1.82, 2.24) is 0 Å². The Balaban J connectivity index is 1.84. The average Bonchev–Trinajstić information content (AvgIpc) is 2.66. The van der Waals surface area contributed by atoms with Crippen LogP contribution in [-0.2, 0) is 6.42 Å². The van der Waals surface area contributed by atoms with Crippen LogP contribution in [0, 0.1) is 0 Å². The van der Waals surface area contributed by atoms with Gasteiger partial charge in [-0.2, -0.15) is 0 Å². The molecule has 2 nitrogen and oxygen atoms in total. The predicted molar refractivity (Wildman–Crippen MR) is 110 cm³/mol. The maximum atomic E-state index is 12.2. The van der Waals surface area contributed by atoms with Crippen molar-refractivity contribution in [2.75, 3.05) is 0 Å². The monoisotopic (exact) mass is 350 g/mol. The standard InChI is InChI=1S/C24H30O2/c1-3-5-6-7-8-9-11-21-14-18-23(19-15-21)26-24(25)22-16-12-20(10-4-2)13-17-22/h9,11-19H,3-8,10H2,1-2H3/b11-9+. The first-order valence-corrected chi connectivity index (χ1v) is 9.80. The van der Waals surface area contributed by atoms with Crippen molar-refractivity contribution in [3.05, 3.63) is 71.3 Å². The van der Waals surface area contributed by atoms with Crippen LogP contribution < -0.4 is 4.74 Å². The Labute approximate surface area is 157 Å². The maximum absolute atomic E-state index is 12.2. The lowest BCUT2D eigenvalue weighted by atomic mass is 10.1. The number of benzene rings is 2. The number of aryl methyl sites for hydroxylation is 1. The number of rotatable bonds is 10. The second kappa shape index (κ2) is 11.3. The molecule has 2 rings (SSSR count). The lowest BCUT2D eigenvalue weighted by molar-refractivity contribution is 0.0735. The number of esters is 1. The van der Waals surface area contributed by atoms with Gasteiger partial charge in [-0.05, 0) is 54.7 Å². The van der Waals surface area contributed by atoms with Gasteiger partial charge in [0.2, 0.25) is 0 Å². The molecule has 0 aromatic heterocycles. The van der Waals surface area contributed by atoms with Gasteiger partial charge in [-0.15, -0.1) is 0 Å². The van der Waals surface area contributed by atoms with E-state index in [0.717, 1.165) is 24.8 Å². The molecule has 2 aromatic carbocycles. The van der Waals surface area contributed by atoms with Crippen molar-refractivity contribution < 1.29 is 9.53 Å². The fraction of sp³-hybridized carbons (Fsp3) is 0.375.